The number of nitrogens with zero attached hydrogens (tertiary/aromatic N) is 2. The van der Waals surface area contributed by atoms with Crippen LogP contribution in [0.5, 0.6) is 0 Å². The highest BCUT2D eigenvalue weighted by atomic mass is 32.2. The van der Waals surface area contributed by atoms with Crippen LogP contribution in [0.4, 0.5) is 5.13 Å². The first-order chi connectivity index (χ1) is 13.8. The first kappa shape index (κ1) is 21.1. The zero-order valence-electron chi connectivity index (χ0n) is 16.2. The summed E-state index contributed by atoms with van der Waals surface area (Å²) in [5.41, 5.74) is 3.35. The van der Waals surface area contributed by atoms with Gasteiger partial charge in [0, 0.05) is 23.6 Å². The third-order valence-corrected chi connectivity index (χ3v) is 6.84. The number of hydrogen-bond acceptors (Lipinski definition) is 6. The number of carbonyl (C=O) groups excluding carboxylic acids is 1. The molecule has 9 heteroatoms. The van der Waals surface area contributed by atoms with E-state index >= 15 is 0 Å². The molecule has 0 unspecified atom stereocenters. The van der Waals surface area contributed by atoms with Gasteiger partial charge in [0.25, 0.3) is 15.9 Å². The Morgan fingerprint density at radius 1 is 1.14 bits per heavy atom. The van der Waals surface area contributed by atoms with E-state index in [2.05, 4.69) is 29.4 Å². The van der Waals surface area contributed by atoms with Crippen molar-refractivity contribution in [3.8, 4) is 11.3 Å². The molecule has 2 aromatic carbocycles. The Hall–Kier alpha value is -2.59. The first-order valence-corrected chi connectivity index (χ1v) is 11.2. The third kappa shape index (κ3) is 4.70. The van der Waals surface area contributed by atoms with Crippen molar-refractivity contribution < 1.29 is 18.0 Å². The molecule has 3 aromatic rings. The van der Waals surface area contributed by atoms with E-state index in [4.69, 9.17) is 4.84 Å². The van der Waals surface area contributed by atoms with Crippen molar-refractivity contribution in [2.45, 2.75) is 18.2 Å². The van der Waals surface area contributed by atoms with Crippen LogP contribution in [0.3, 0.4) is 0 Å². The molecule has 152 valence electrons. The monoisotopic (exact) mass is 431 g/mol. The molecular weight excluding hydrogens is 410 g/mol. The van der Waals surface area contributed by atoms with Gasteiger partial charge in [-0.05, 0) is 36.2 Å². The fourth-order valence-corrected chi connectivity index (χ4v) is 4.26. The van der Waals surface area contributed by atoms with Gasteiger partial charge in [-0.25, -0.2) is 13.4 Å². The fourth-order valence-electron chi connectivity index (χ4n) is 2.57. The number of thiazole rings is 1. The van der Waals surface area contributed by atoms with Gasteiger partial charge in [-0.1, -0.05) is 35.7 Å². The molecule has 0 aliphatic rings. The van der Waals surface area contributed by atoms with Gasteiger partial charge in [-0.2, -0.15) is 0 Å². The number of amides is 1. The largest absolute Gasteiger partial charge is 0.298 e. The highest BCUT2D eigenvalue weighted by Gasteiger charge is 2.21. The van der Waals surface area contributed by atoms with Crippen molar-refractivity contribution in [1.29, 1.82) is 0 Å². The minimum absolute atomic E-state index is 0.0328. The first-order valence-electron chi connectivity index (χ1n) is 8.84. The van der Waals surface area contributed by atoms with Gasteiger partial charge in [0.15, 0.2) is 5.13 Å². The highest BCUT2D eigenvalue weighted by molar-refractivity contribution is 7.89. The van der Waals surface area contributed by atoms with Crippen LogP contribution in [0.1, 0.15) is 22.8 Å². The lowest BCUT2D eigenvalue weighted by Crippen LogP contribution is -2.25. The van der Waals surface area contributed by atoms with Gasteiger partial charge in [0.2, 0.25) is 0 Å². The molecular formula is C20H21N3O4S2. The van der Waals surface area contributed by atoms with Crippen molar-refractivity contribution >= 4 is 32.4 Å². The van der Waals surface area contributed by atoms with Gasteiger partial charge >= 0.3 is 0 Å². The molecule has 0 aliphatic carbocycles. The SMILES string of the molecule is CCc1ccc(-c2csc(NC(=O)c3ccc(S(=O)(=O)N(C)OC)cc3)n2)cc1. The van der Waals surface area contributed by atoms with Crippen LogP contribution < -0.4 is 5.32 Å². The molecule has 0 saturated carbocycles. The predicted octanol–water partition coefficient (Wildman–Crippen LogP) is 3.81. The van der Waals surface area contributed by atoms with E-state index in [1.54, 1.807) is 0 Å². The standard InChI is InChI=1S/C20H21N3O4S2/c1-4-14-5-7-15(8-6-14)18-13-28-20(21-18)22-19(24)16-9-11-17(12-10-16)29(25,26)23(2)27-3/h5-13H,4H2,1-3H3,(H,21,22,24). The summed E-state index contributed by atoms with van der Waals surface area (Å²) in [6.07, 6.45) is 0.973. The summed E-state index contributed by atoms with van der Waals surface area (Å²) in [5.74, 6) is -0.365. The summed E-state index contributed by atoms with van der Waals surface area (Å²) in [5, 5.41) is 5.10. The molecule has 0 saturated heterocycles. The molecule has 0 radical (unpaired) electrons. The van der Waals surface area contributed by atoms with Gasteiger partial charge < -0.3 is 0 Å². The number of carbonyl (C=O) groups is 1. The Balaban J connectivity index is 1.71. The lowest BCUT2D eigenvalue weighted by molar-refractivity contribution is -0.0258. The second kappa shape index (κ2) is 8.83. The average Bonchev–Trinajstić information content (AvgIpc) is 3.21. The summed E-state index contributed by atoms with van der Waals surface area (Å²) in [7, 11) is -1.19. The van der Waals surface area contributed by atoms with Crippen molar-refractivity contribution in [3.05, 3.63) is 65.0 Å². The Bertz CT molecular complexity index is 1090. The normalized spacial score (nSPS) is 11.6. The highest BCUT2D eigenvalue weighted by Crippen LogP contribution is 2.26. The second-order valence-electron chi connectivity index (χ2n) is 6.16. The molecule has 0 bridgehead atoms. The average molecular weight is 432 g/mol. The molecule has 1 heterocycles. The third-order valence-electron chi connectivity index (χ3n) is 4.39. The number of aromatic nitrogens is 1. The van der Waals surface area contributed by atoms with Crippen molar-refractivity contribution in [2.24, 2.45) is 0 Å². The Morgan fingerprint density at radius 2 is 1.79 bits per heavy atom. The van der Waals surface area contributed by atoms with Crippen molar-refractivity contribution in [2.75, 3.05) is 19.5 Å². The van der Waals surface area contributed by atoms with Crippen LogP contribution in [0.2, 0.25) is 0 Å². The lowest BCUT2D eigenvalue weighted by atomic mass is 10.1. The second-order valence-corrected chi connectivity index (χ2v) is 8.96. The summed E-state index contributed by atoms with van der Waals surface area (Å²) < 4.78 is 25.2. The number of rotatable bonds is 7. The van der Waals surface area contributed by atoms with E-state index in [-0.39, 0.29) is 10.8 Å². The zero-order valence-corrected chi connectivity index (χ0v) is 17.9. The van der Waals surface area contributed by atoms with Crippen LogP contribution in [-0.4, -0.2) is 37.9 Å². The van der Waals surface area contributed by atoms with Crippen LogP contribution in [0.25, 0.3) is 11.3 Å². The van der Waals surface area contributed by atoms with E-state index in [0.29, 0.717) is 10.7 Å². The predicted molar refractivity (Wildman–Crippen MR) is 113 cm³/mol. The molecule has 3 rings (SSSR count). The quantitative estimate of drug-likeness (QED) is 0.575. The Kier molecular flexibility index (Phi) is 6.43. The van der Waals surface area contributed by atoms with Crippen LogP contribution >= 0.6 is 11.3 Å². The maximum atomic E-state index is 12.5. The van der Waals surface area contributed by atoms with E-state index in [1.165, 1.54) is 55.3 Å². The number of hydrogen-bond donors (Lipinski definition) is 1. The summed E-state index contributed by atoms with van der Waals surface area (Å²) >= 11 is 1.33. The van der Waals surface area contributed by atoms with E-state index < -0.39 is 10.0 Å². The molecule has 29 heavy (non-hydrogen) atoms. The molecule has 0 atom stereocenters. The van der Waals surface area contributed by atoms with Gasteiger partial charge in [0.1, 0.15) is 0 Å². The fraction of sp³-hybridized carbons (Fsp3) is 0.200. The van der Waals surface area contributed by atoms with Crippen LogP contribution in [-0.2, 0) is 21.3 Å². The van der Waals surface area contributed by atoms with Gasteiger partial charge in [-0.3, -0.25) is 14.9 Å². The number of nitrogens with one attached hydrogen (secondary N) is 1. The van der Waals surface area contributed by atoms with E-state index in [9.17, 15) is 13.2 Å². The topological polar surface area (TPSA) is 88.6 Å². The Morgan fingerprint density at radius 3 is 2.38 bits per heavy atom. The number of benzene rings is 2. The minimum atomic E-state index is -3.75. The molecule has 0 aliphatic heterocycles. The summed E-state index contributed by atoms with van der Waals surface area (Å²) in [4.78, 5) is 21.7. The van der Waals surface area contributed by atoms with Gasteiger partial charge in [-0.15, -0.1) is 11.3 Å². The van der Waals surface area contributed by atoms with E-state index in [0.717, 1.165) is 22.1 Å². The molecule has 0 fully saturated rings. The molecule has 0 spiro atoms. The maximum absolute atomic E-state index is 12.5. The minimum Gasteiger partial charge on any atom is -0.298 e. The van der Waals surface area contributed by atoms with Crippen molar-refractivity contribution in [1.82, 2.24) is 9.45 Å². The molecule has 1 amide bonds. The Labute approximate surface area is 174 Å². The summed E-state index contributed by atoms with van der Waals surface area (Å²) in [6, 6.07) is 13.8. The van der Waals surface area contributed by atoms with Crippen LogP contribution in [0, 0.1) is 0 Å². The molecule has 1 N–H and O–H groups in total. The van der Waals surface area contributed by atoms with Crippen LogP contribution in [0.15, 0.2) is 58.8 Å². The molecule has 7 nitrogen and oxygen atoms in total. The zero-order chi connectivity index (χ0) is 21.0. The smallest absolute Gasteiger partial charge is 0.264 e. The number of aryl methyl sites for hydroxylation is 1. The van der Waals surface area contributed by atoms with Gasteiger partial charge in [0.05, 0.1) is 17.7 Å². The van der Waals surface area contributed by atoms with E-state index in [1.807, 2.05) is 17.5 Å². The summed E-state index contributed by atoms with van der Waals surface area (Å²) in [6.45, 7) is 2.10. The number of anilines is 1. The lowest BCUT2D eigenvalue weighted by Gasteiger charge is -2.14. The van der Waals surface area contributed by atoms with Crippen molar-refractivity contribution in [3.63, 3.8) is 0 Å². The number of hydroxylamine groups is 1. The maximum Gasteiger partial charge on any atom is 0.264 e. The number of sulfonamides is 1. The molecule has 1 aromatic heterocycles.